The Hall–Kier alpha value is -3.68. The SMILES string of the molecule is CC1=C(C(N)=O)N(S(C)(=O)=O)C(N(Cc2ccc(C(F)(F)F)c(C#N)c2)c2ccc(C#N)cc2)S1. The molecule has 1 heterocycles. The number of amides is 1. The number of nitrogens with zero attached hydrogens (tertiary/aromatic N) is 4. The Morgan fingerprint density at radius 2 is 1.80 bits per heavy atom. The van der Waals surface area contributed by atoms with E-state index in [0.29, 0.717) is 16.2 Å². The van der Waals surface area contributed by atoms with Crippen LogP contribution in [0.2, 0.25) is 0 Å². The molecule has 182 valence electrons. The normalized spacial score (nSPS) is 16.1. The number of anilines is 1. The molecule has 3 rings (SSSR count). The monoisotopic (exact) mass is 521 g/mol. The lowest BCUT2D eigenvalue weighted by Gasteiger charge is -2.36. The lowest BCUT2D eigenvalue weighted by atomic mass is 10.0. The average Bonchev–Trinajstić information content (AvgIpc) is 3.14. The van der Waals surface area contributed by atoms with Gasteiger partial charge in [-0.05, 0) is 48.9 Å². The number of alkyl halides is 3. The van der Waals surface area contributed by atoms with Gasteiger partial charge in [0.1, 0.15) is 5.70 Å². The van der Waals surface area contributed by atoms with Gasteiger partial charge in [0.2, 0.25) is 10.0 Å². The van der Waals surface area contributed by atoms with Crippen molar-refractivity contribution >= 4 is 33.4 Å². The van der Waals surface area contributed by atoms with Crippen molar-refractivity contribution < 1.29 is 26.4 Å². The molecule has 0 spiro atoms. The average molecular weight is 522 g/mol. The highest BCUT2D eigenvalue weighted by atomic mass is 32.2. The molecule has 2 aromatic carbocycles. The predicted molar refractivity (Wildman–Crippen MR) is 123 cm³/mol. The number of hydrogen-bond acceptors (Lipinski definition) is 7. The van der Waals surface area contributed by atoms with Crippen LogP contribution < -0.4 is 10.6 Å². The van der Waals surface area contributed by atoms with E-state index in [0.717, 1.165) is 34.5 Å². The van der Waals surface area contributed by atoms with Crippen molar-refractivity contribution in [2.75, 3.05) is 11.2 Å². The number of nitriles is 2. The number of hydrogen-bond donors (Lipinski definition) is 1. The van der Waals surface area contributed by atoms with Gasteiger partial charge in [0, 0.05) is 17.1 Å². The van der Waals surface area contributed by atoms with Crippen LogP contribution in [0.3, 0.4) is 0 Å². The van der Waals surface area contributed by atoms with Crippen molar-refractivity contribution in [1.29, 1.82) is 10.5 Å². The molecule has 0 saturated heterocycles. The lowest BCUT2D eigenvalue weighted by Crippen LogP contribution is -2.47. The number of sulfonamides is 1. The van der Waals surface area contributed by atoms with Gasteiger partial charge < -0.3 is 10.6 Å². The molecule has 1 aliphatic rings. The van der Waals surface area contributed by atoms with Gasteiger partial charge in [-0.3, -0.25) is 4.79 Å². The fraction of sp³-hybridized carbons (Fsp3) is 0.227. The molecular weight excluding hydrogens is 503 g/mol. The zero-order valence-electron chi connectivity index (χ0n) is 18.4. The number of carbonyl (C=O) groups is 1. The molecule has 0 aliphatic carbocycles. The van der Waals surface area contributed by atoms with Crippen LogP contribution >= 0.6 is 11.8 Å². The number of allylic oxidation sites excluding steroid dienone is 1. The van der Waals surface area contributed by atoms with Crippen molar-refractivity contribution in [1.82, 2.24) is 4.31 Å². The van der Waals surface area contributed by atoms with E-state index < -0.39 is 38.7 Å². The summed E-state index contributed by atoms with van der Waals surface area (Å²) in [7, 11) is -4.02. The predicted octanol–water partition coefficient (Wildman–Crippen LogP) is 3.46. The summed E-state index contributed by atoms with van der Waals surface area (Å²) in [5.74, 6) is -0.955. The largest absolute Gasteiger partial charge is 0.417 e. The summed E-state index contributed by atoms with van der Waals surface area (Å²) in [4.78, 5) is 14.0. The first-order valence-electron chi connectivity index (χ1n) is 9.81. The maximum Gasteiger partial charge on any atom is 0.417 e. The number of thioether (sulfide) groups is 1. The third kappa shape index (κ3) is 5.37. The van der Waals surface area contributed by atoms with Crippen LogP contribution in [0.1, 0.15) is 29.2 Å². The first kappa shape index (κ1) is 25.9. The molecule has 2 aromatic rings. The van der Waals surface area contributed by atoms with Gasteiger partial charge in [-0.25, -0.2) is 12.7 Å². The first-order chi connectivity index (χ1) is 16.3. The summed E-state index contributed by atoms with van der Waals surface area (Å²) in [6.45, 7) is 1.41. The third-order valence-electron chi connectivity index (χ3n) is 5.08. The van der Waals surface area contributed by atoms with Crippen LogP contribution in [0.15, 0.2) is 53.1 Å². The highest BCUT2D eigenvalue weighted by Gasteiger charge is 2.43. The second kappa shape index (κ2) is 9.52. The number of halogens is 3. The van der Waals surface area contributed by atoms with Crippen molar-refractivity contribution in [3.63, 3.8) is 0 Å². The van der Waals surface area contributed by atoms with Crippen LogP contribution in [0.5, 0.6) is 0 Å². The molecule has 1 amide bonds. The van der Waals surface area contributed by atoms with Crippen molar-refractivity contribution in [3.05, 3.63) is 75.3 Å². The molecule has 1 atom stereocenters. The summed E-state index contributed by atoms with van der Waals surface area (Å²) < 4.78 is 66.0. The Bertz CT molecular complexity index is 1390. The zero-order chi connectivity index (χ0) is 26.1. The van der Waals surface area contributed by atoms with Crippen LogP contribution in [-0.4, -0.2) is 30.4 Å². The van der Waals surface area contributed by atoms with E-state index in [1.165, 1.54) is 30.0 Å². The standard InChI is InChI=1S/C22H18F3N5O3S2/c1-13-19(20(28)31)30(35(2,32)33)21(34-13)29(17-6-3-14(10-26)4-7-17)12-15-5-8-18(22(23,24)25)16(9-15)11-27/h3-9,21H,12H2,1-2H3,(H2,28,31). The van der Waals surface area contributed by atoms with Gasteiger partial charge in [-0.15, -0.1) is 0 Å². The number of rotatable bonds is 6. The van der Waals surface area contributed by atoms with Gasteiger partial charge in [-0.1, -0.05) is 17.8 Å². The molecule has 0 fully saturated rings. The minimum Gasteiger partial charge on any atom is -0.364 e. The Kier molecular flexibility index (Phi) is 7.06. The van der Waals surface area contributed by atoms with E-state index in [2.05, 4.69) is 0 Å². The minimum absolute atomic E-state index is 0.123. The molecule has 2 N–H and O–H groups in total. The molecular formula is C22H18F3N5O3S2. The van der Waals surface area contributed by atoms with Crippen LogP contribution in [0.4, 0.5) is 18.9 Å². The van der Waals surface area contributed by atoms with Crippen molar-refractivity contribution in [2.45, 2.75) is 25.1 Å². The van der Waals surface area contributed by atoms with Crippen LogP contribution in [0, 0.1) is 22.7 Å². The van der Waals surface area contributed by atoms with Crippen LogP contribution in [-0.2, 0) is 27.5 Å². The van der Waals surface area contributed by atoms with Gasteiger partial charge in [0.15, 0.2) is 5.50 Å². The summed E-state index contributed by atoms with van der Waals surface area (Å²) in [5, 5.41) is 18.4. The maximum absolute atomic E-state index is 13.2. The molecule has 0 radical (unpaired) electrons. The number of primary amides is 1. The fourth-order valence-corrected chi connectivity index (χ4v) is 6.39. The summed E-state index contributed by atoms with van der Waals surface area (Å²) in [6, 6.07) is 12.7. The van der Waals surface area contributed by atoms with Gasteiger partial charge >= 0.3 is 6.18 Å². The van der Waals surface area contributed by atoms with E-state index >= 15 is 0 Å². The Balaban J connectivity index is 2.14. The van der Waals surface area contributed by atoms with Gasteiger partial charge in [-0.2, -0.15) is 23.7 Å². The second-order valence-electron chi connectivity index (χ2n) is 7.55. The molecule has 0 aromatic heterocycles. The first-order valence-corrected chi connectivity index (χ1v) is 12.5. The molecule has 8 nitrogen and oxygen atoms in total. The van der Waals surface area contributed by atoms with E-state index in [9.17, 15) is 31.6 Å². The smallest absolute Gasteiger partial charge is 0.364 e. The van der Waals surface area contributed by atoms with E-state index in [1.807, 2.05) is 6.07 Å². The molecule has 35 heavy (non-hydrogen) atoms. The zero-order valence-corrected chi connectivity index (χ0v) is 20.0. The molecule has 1 aliphatic heterocycles. The number of carbonyl (C=O) groups excluding carboxylic acids is 1. The topological polar surface area (TPSA) is 131 Å². The molecule has 13 heteroatoms. The lowest BCUT2D eigenvalue weighted by molar-refractivity contribution is -0.137. The summed E-state index contributed by atoms with van der Waals surface area (Å²) >= 11 is 1.03. The van der Waals surface area contributed by atoms with E-state index in [1.54, 1.807) is 18.2 Å². The third-order valence-corrected chi connectivity index (χ3v) is 7.54. The van der Waals surface area contributed by atoms with E-state index in [4.69, 9.17) is 11.0 Å². The Morgan fingerprint density at radius 1 is 1.17 bits per heavy atom. The Labute approximate surface area is 204 Å². The van der Waals surface area contributed by atoms with Gasteiger partial charge in [0.25, 0.3) is 5.91 Å². The highest BCUT2D eigenvalue weighted by molar-refractivity contribution is 8.04. The van der Waals surface area contributed by atoms with Gasteiger partial charge in [0.05, 0.1) is 35.1 Å². The van der Waals surface area contributed by atoms with Crippen molar-refractivity contribution in [2.24, 2.45) is 5.73 Å². The minimum atomic E-state index is -4.72. The fourth-order valence-electron chi connectivity index (χ4n) is 3.58. The Morgan fingerprint density at radius 3 is 2.29 bits per heavy atom. The molecule has 0 bridgehead atoms. The number of nitrogens with two attached hydrogens (primary N) is 1. The quantitative estimate of drug-likeness (QED) is 0.616. The second-order valence-corrected chi connectivity index (χ2v) is 10.7. The summed E-state index contributed by atoms with van der Waals surface area (Å²) in [5.41, 5.74) is 3.56. The molecule has 0 saturated carbocycles. The van der Waals surface area contributed by atoms with Crippen molar-refractivity contribution in [3.8, 4) is 12.1 Å². The number of benzene rings is 2. The van der Waals surface area contributed by atoms with E-state index in [-0.39, 0.29) is 17.8 Å². The van der Waals surface area contributed by atoms with Crippen LogP contribution in [0.25, 0.3) is 0 Å². The maximum atomic E-state index is 13.2. The molecule has 1 unspecified atom stereocenters. The highest BCUT2D eigenvalue weighted by Crippen LogP contribution is 2.43. The summed E-state index contributed by atoms with van der Waals surface area (Å²) in [6.07, 6.45) is -3.81.